The van der Waals surface area contributed by atoms with Crippen molar-refractivity contribution >= 4 is 23.0 Å². The van der Waals surface area contributed by atoms with Crippen LogP contribution in [-0.2, 0) is 17.8 Å². The number of carbonyl (C=O) groups excluding carboxylic acids is 1. The molecule has 298 valence electrons. The highest BCUT2D eigenvalue weighted by molar-refractivity contribution is 5.89. The van der Waals surface area contributed by atoms with E-state index in [1.807, 2.05) is 60.7 Å². The van der Waals surface area contributed by atoms with Gasteiger partial charge in [-0.1, -0.05) is 67.1 Å². The molecule has 3 fully saturated rings. The van der Waals surface area contributed by atoms with E-state index in [2.05, 4.69) is 20.5 Å². The van der Waals surface area contributed by atoms with Crippen LogP contribution >= 0.6 is 0 Å². The Balaban J connectivity index is 0.915. The molecule has 3 saturated heterocycles. The minimum atomic E-state index is -0.974. The van der Waals surface area contributed by atoms with Gasteiger partial charge in [0.05, 0.1) is 23.2 Å². The number of aliphatic hydroxyl groups excluding tert-OH is 1. The summed E-state index contributed by atoms with van der Waals surface area (Å²) in [7, 11) is 0. The van der Waals surface area contributed by atoms with E-state index in [1.54, 1.807) is 24.3 Å². The molecule has 5 aromatic rings. The first kappa shape index (κ1) is 39.5. The van der Waals surface area contributed by atoms with Crippen molar-refractivity contribution < 1.29 is 34.4 Å². The molecule has 1 amide bonds. The average Bonchev–Trinajstić information content (AvgIpc) is 3.22. The van der Waals surface area contributed by atoms with E-state index < -0.39 is 24.2 Å². The van der Waals surface area contributed by atoms with Crippen LogP contribution in [0.5, 0.6) is 11.5 Å². The van der Waals surface area contributed by atoms with Crippen molar-refractivity contribution in [3.05, 3.63) is 141 Å². The number of ether oxygens (including phenoxy) is 2. The first-order valence-corrected chi connectivity index (χ1v) is 19.8. The van der Waals surface area contributed by atoms with E-state index in [0.717, 1.165) is 74.0 Å². The van der Waals surface area contributed by atoms with Gasteiger partial charge >= 0.3 is 12.1 Å². The number of benzene rings is 4. The standard InChI is InChI=1S/C45H50N4O8/c50-38-17-15-36(37-16-18-41(52)47-43(37)38)39(51)26-46-21-6-2-5-10-32-24-29(13-14-35(32)44(53)54)28-56-34-12-7-11-33(25-34)42(31-8-3-1-4-9-31)48-45(55)57-40-27-49-22-19-30(40)20-23-49/h1,3-4,7-9,11-18,24-25,30,39-40,42,46,50-51H,2,5-6,10,19-23,26-28H2,(H,47,52)(H,48,55)(H,53,54)/t39-,40-,42?/m0/s1. The number of carbonyl (C=O) groups is 2. The quantitative estimate of drug-likeness (QED) is 0.0576. The Morgan fingerprint density at radius 3 is 2.47 bits per heavy atom. The van der Waals surface area contributed by atoms with E-state index >= 15 is 0 Å². The number of aromatic hydroxyl groups is 1. The number of H-pyrrole nitrogens is 1. The largest absolute Gasteiger partial charge is 0.506 e. The molecule has 3 aliphatic rings. The third kappa shape index (κ3) is 10.0. The zero-order valence-corrected chi connectivity index (χ0v) is 31.9. The van der Waals surface area contributed by atoms with Crippen molar-refractivity contribution in [2.24, 2.45) is 5.92 Å². The molecule has 6 N–H and O–H groups in total. The topological polar surface area (TPSA) is 173 Å². The normalized spacial score (nSPS) is 18.5. The van der Waals surface area contributed by atoms with Crippen LogP contribution in [0.3, 0.4) is 0 Å². The monoisotopic (exact) mass is 774 g/mol. The van der Waals surface area contributed by atoms with Crippen LogP contribution in [0.4, 0.5) is 4.79 Å². The summed E-state index contributed by atoms with van der Waals surface area (Å²) in [6.07, 6.45) is 3.78. The number of carboxylic acid groups (broad SMARTS) is 1. The van der Waals surface area contributed by atoms with Gasteiger partial charge in [0.1, 0.15) is 24.2 Å². The number of hydrogen-bond donors (Lipinski definition) is 6. The third-order valence-electron chi connectivity index (χ3n) is 11.1. The summed E-state index contributed by atoms with van der Waals surface area (Å²) in [5.41, 5.74) is 4.20. The van der Waals surface area contributed by atoms with E-state index in [9.17, 15) is 29.7 Å². The Kier molecular flexibility index (Phi) is 12.8. The number of aliphatic hydroxyl groups is 1. The highest BCUT2D eigenvalue weighted by Crippen LogP contribution is 2.32. The van der Waals surface area contributed by atoms with Gasteiger partial charge in [-0.05, 0) is 116 Å². The van der Waals surface area contributed by atoms with E-state index in [1.165, 1.54) is 12.1 Å². The molecule has 57 heavy (non-hydrogen) atoms. The number of carboxylic acids is 1. The number of amides is 1. The second kappa shape index (κ2) is 18.5. The highest BCUT2D eigenvalue weighted by Gasteiger charge is 2.37. The number of rotatable bonds is 17. The Morgan fingerprint density at radius 1 is 0.895 bits per heavy atom. The Bertz CT molecular complexity index is 2220. The Morgan fingerprint density at radius 2 is 1.70 bits per heavy atom. The summed E-state index contributed by atoms with van der Waals surface area (Å²) in [5.74, 6) is -0.000188. The van der Waals surface area contributed by atoms with E-state index in [-0.39, 0.29) is 29.6 Å². The number of nitrogens with one attached hydrogen (secondary N) is 3. The summed E-state index contributed by atoms with van der Waals surface area (Å²) in [4.78, 5) is 42.0. The summed E-state index contributed by atoms with van der Waals surface area (Å²) < 4.78 is 12.2. The first-order chi connectivity index (χ1) is 27.7. The van der Waals surface area contributed by atoms with Crippen LogP contribution in [0.2, 0.25) is 0 Å². The van der Waals surface area contributed by atoms with Crippen molar-refractivity contribution in [1.82, 2.24) is 20.5 Å². The number of phenolic OH excluding ortho intramolecular Hbond substituents is 1. The molecule has 0 spiro atoms. The summed E-state index contributed by atoms with van der Waals surface area (Å²) in [6, 6.07) is 28.4. The maximum Gasteiger partial charge on any atom is 0.408 e. The SMILES string of the molecule is O=C(NC(c1ccccc1)c1cccc(OCc2ccc(C(=O)O)c(CCCCCNC[C@H](O)c3ccc(O)c4[nH]c(=O)ccc34)c2)c1)O[C@H]1CN2CCC1CC2. The van der Waals surface area contributed by atoms with Crippen molar-refractivity contribution in [3.63, 3.8) is 0 Å². The lowest BCUT2D eigenvalue weighted by molar-refractivity contribution is -0.0336. The zero-order chi connectivity index (χ0) is 39.7. The van der Waals surface area contributed by atoms with Crippen LogP contribution in [0.1, 0.15) is 82.4 Å². The fourth-order valence-electron chi connectivity index (χ4n) is 8.08. The van der Waals surface area contributed by atoms with Crippen LogP contribution in [0.15, 0.2) is 102 Å². The lowest BCUT2D eigenvalue weighted by atomic mass is 9.86. The number of pyridine rings is 1. The van der Waals surface area contributed by atoms with Gasteiger partial charge < -0.3 is 40.4 Å². The van der Waals surface area contributed by atoms with Gasteiger partial charge in [-0.3, -0.25) is 9.69 Å². The number of alkyl carbamates (subject to hydrolysis) is 1. The fourth-order valence-corrected chi connectivity index (χ4v) is 8.08. The fraction of sp³-hybridized carbons (Fsp3) is 0.356. The molecule has 3 aliphatic heterocycles. The molecule has 12 nitrogen and oxygen atoms in total. The summed E-state index contributed by atoms with van der Waals surface area (Å²) in [5, 5.41) is 37.8. The number of aromatic amines is 1. The number of unbranched alkanes of at least 4 members (excludes halogenated alkanes) is 2. The van der Waals surface area contributed by atoms with E-state index in [0.29, 0.717) is 47.6 Å². The molecule has 8 rings (SSSR count). The molecule has 1 aromatic heterocycles. The maximum absolute atomic E-state index is 13.3. The predicted molar refractivity (Wildman–Crippen MR) is 217 cm³/mol. The molecule has 1 unspecified atom stereocenters. The maximum atomic E-state index is 13.3. The van der Waals surface area contributed by atoms with Gasteiger partial charge in [-0.15, -0.1) is 0 Å². The number of phenols is 1. The lowest BCUT2D eigenvalue weighted by Gasteiger charge is -2.43. The van der Waals surface area contributed by atoms with Gasteiger partial charge in [0.2, 0.25) is 5.56 Å². The molecule has 0 radical (unpaired) electrons. The molecule has 0 aliphatic carbocycles. The van der Waals surface area contributed by atoms with Gasteiger partial charge in [0.15, 0.2) is 0 Å². The van der Waals surface area contributed by atoms with Gasteiger partial charge in [-0.2, -0.15) is 0 Å². The number of aromatic nitrogens is 1. The molecule has 0 saturated carbocycles. The molecule has 3 atom stereocenters. The molecule has 2 bridgehead atoms. The molecular formula is C45H50N4O8. The van der Waals surface area contributed by atoms with Crippen molar-refractivity contribution in [1.29, 1.82) is 0 Å². The lowest BCUT2D eigenvalue weighted by Crippen LogP contribution is -2.52. The van der Waals surface area contributed by atoms with Crippen LogP contribution in [0, 0.1) is 5.92 Å². The highest BCUT2D eigenvalue weighted by atomic mass is 16.6. The van der Waals surface area contributed by atoms with Crippen LogP contribution in [-0.4, -0.2) is 76.1 Å². The second-order valence-corrected chi connectivity index (χ2v) is 15.0. The first-order valence-electron chi connectivity index (χ1n) is 19.8. The van der Waals surface area contributed by atoms with Crippen molar-refractivity contribution in [3.8, 4) is 11.5 Å². The number of aryl methyl sites for hydroxylation is 1. The minimum absolute atomic E-state index is 0.0537. The predicted octanol–water partition coefficient (Wildman–Crippen LogP) is 6.46. The number of piperidine rings is 3. The number of aromatic carboxylic acids is 1. The van der Waals surface area contributed by atoms with Crippen LogP contribution < -0.4 is 20.9 Å². The van der Waals surface area contributed by atoms with Crippen molar-refractivity contribution in [2.45, 2.75) is 63.4 Å². The van der Waals surface area contributed by atoms with Crippen molar-refractivity contribution in [2.75, 3.05) is 32.7 Å². The third-order valence-corrected chi connectivity index (χ3v) is 11.1. The summed E-state index contributed by atoms with van der Waals surface area (Å²) >= 11 is 0. The minimum Gasteiger partial charge on any atom is -0.506 e. The molecule has 4 aromatic carbocycles. The zero-order valence-electron chi connectivity index (χ0n) is 31.9. The number of hydrogen-bond acceptors (Lipinski definition) is 9. The van der Waals surface area contributed by atoms with Gasteiger partial charge in [-0.25, -0.2) is 9.59 Å². The van der Waals surface area contributed by atoms with Gasteiger partial charge in [0, 0.05) is 24.5 Å². The Hall–Kier alpha value is -5.69. The molecule has 12 heteroatoms. The van der Waals surface area contributed by atoms with Gasteiger partial charge in [0.25, 0.3) is 0 Å². The molecular weight excluding hydrogens is 725 g/mol. The number of nitrogens with zero attached hydrogens (tertiary/aromatic N) is 1. The molecule has 4 heterocycles. The van der Waals surface area contributed by atoms with E-state index in [4.69, 9.17) is 9.47 Å². The Labute approximate surface area is 331 Å². The summed E-state index contributed by atoms with van der Waals surface area (Å²) in [6.45, 7) is 4.11. The van der Waals surface area contributed by atoms with Crippen LogP contribution in [0.25, 0.3) is 10.9 Å². The average molecular weight is 775 g/mol. The second-order valence-electron chi connectivity index (χ2n) is 15.0. The number of fused-ring (bicyclic) bond motifs is 4. The smallest absolute Gasteiger partial charge is 0.408 e.